The monoisotopic (exact) mass is 141 g/mol. The summed E-state index contributed by atoms with van der Waals surface area (Å²) >= 11 is 0. The minimum atomic E-state index is 0.457. The van der Waals surface area contributed by atoms with Gasteiger partial charge >= 0.3 is 0 Å². The van der Waals surface area contributed by atoms with Crippen LogP contribution in [-0.4, -0.2) is 25.8 Å². The zero-order valence-electron chi connectivity index (χ0n) is 6.52. The van der Waals surface area contributed by atoms with Crippen LogP contribution in [0.2, 0.25) is 0 Å². The molecule has 2 rings (SSSR count). The van der Waals surface area contributed by atoms with Crippen molar-refractivity contribution in [3.63, 3.8) is 0 Å². The molecular weight excluding hydrogens is 126 g/mol. The second-order valence-electron chi connectivity index (χ2n) is 3.75. The Morgan fingerprint density at radius 3 is 3.30 bits per heavy atom. The summed E-state index contributed by atoms with van der Waals surface area (Å²) < 4.78 is 5.45. The van der Waals surface area contributed by atoms with E-state index in [0.29, 0.717) is 5.41 Å². The number of hydrogen-bond acceptors (Lipinski definition) is 2. The molecule has 2 atom stereocenters. The van der Waals surface area contributed by atoms with E-state index in [4.69, 9.17) is 4.74 Å². The molecule has 0 bridgehead atoms. The van der Waals surface area contributed by atoms with E-state index in [1.54, 1.807) is 0 Å². The highest BCUT2D eigenvalue weighted by Crippen LogP contribution is 2.35. The van der Waals surface area contributed by atoms with Crippen LogP contribution in [-0.2, 0) is 4.74 Å². The van der Waals surface area contributed by atoms with Crippen molar-refractivity contribution in [1.29, 1.82) is 0 Å². The maximum atomic E-state index is 5.45. The molecule has 2 aliphatic heterocycles. The van der Waals surface area contributed by atoms with Crippen molar-refractivity contribution in [3.8, 4) is 0 Å². The zero-order valence-corrected chi connectivity index (χ0v) is 6.52. The molecule has 1 unspecified atom stereocenters. The average Bonchev–Trinajstić information content (AvgIpc) is 2.29. The maximum Gasteiger partial charge on any atom is 0.0535 e. The summed E-state index contributed by atoms with van der Waals surface area (Å²) in [6.07, 6.45) is 2.49. The van der Waals surface area contributed by atoms with E-state index >= 15 is 0 Å². The lowest BCUT2D eigenvalue weighted by molar-refractivity contribution is -0.00397. The Hall–Kier alpha value is -0.0800. The Bertz CT molecular complexity index is 137. The first kappa shape index (κ1) is 6.62. The van der Waals surface area contributed by atoms with Crippen LogP contribution in [0, 0.1) is 5.41 Å². The Balaban J connectivity index is 2.10. The molecule has 58 valence electrons. The summed E-state index contributed by atoms with van der Waals surface area (Å²) in [5.74, 6) is 0. The van der Waals surface area contributed by atoms with E-state index < -0.39 is 0 Å². The topological polar surface area (TPSA) is 21.3 Å². The van der Waals surface area contributed by atoms with Gasteiger partial charge in [0.1, 0.15) is 0 Å². The summed E-state index contributed by atoms with van der Waals surface area (Å²) in [6, 6.07) is 0.737. The fourth-order valence-electron chi connectivity index (χ4n) is 2.08. The standard InChI is InChI=1S/C8H15NO/c1-8-3-4-9-7(8)2-5-10-6-8/h7,9H,2-6H2,1H3/t7?,8-/m1/s1. The van der Waals surface area contributed by atoms with E-state index in [2.05, 4.69) is 12.2 Å². The minimum Gasteiger partial charge on any atom is -0.381 e. The predicted molar refractivity (Wildman–Crippen MR) is 40.0 cm³/mol. The van der Waals surface area contributed by atoms with Gasteiger partial charge in [0.25, 0.3) is 0 Å². The van der Waals surface area contributed by atoms with Gasteiger partial charge in [0.05, 0.1) is 6.61 Å². The third-order valence-corrected chi connectivity index (χ3v) is 2.91. The molecule has 0 spiro atoms. The molecule has 1 N–H and O–H groups in total. The van der Waals surface area contributed by atoms with Crippen LogP contribution in [0.5, 0.6) is 0 Å². The molecule has 2 fully saturated rings. The van der Waals surface area contributed by atoms with Crippen LogP contribution >= 0.6 is 0 Å². The average molecular weight is 141 g/mol. The lowest BCUT2D eigenvalue weighted by Gasteiger charge is -2.35. The SMILES string of the molecule is C[C@]12CCNC1CCOC2. The van der Waals surface area contributed by atoms with Crippen LogP contribution in [0.1, 0.15) is 19.8 Å². The molecule has 2 heterocycles. The second kappa shape index (κ2) is 2.21. The van der Waals surface area contributed by atoms with Gasteiger partial charge in [0.2, 0.25) is 0 Å². The smallest absolute Gasteiger partial charge is 0.0535 e. The third-order valence-electron chi connectivity index (χ3n) is 2.91. The molecule has 0 aliphatic carbocycles. The Morgan fingerprint density at radius 2 is 2.50 bits per heavy atom. The Morgan fingerprint density at radius 1 is 1.60 bits per heavy atom. The van der Waals surface area contributed by atoms with Crippen LogP contribution in [0.25, 0.3) is 0 Å². The predicted octanol–water partition coefficient (Wildman–Crippen LogP) is 0.775. The van der Waals surface area contributed by atoms with E-state index in [1.807, 2.05) is 0 Å². The Labute approximate surface area is 61.9 Å². The van der Waals surface area contributed by atoms with Gasteiger partial charge in [0, 0.05) is 18.1 Å². The van der Waals surface area contributed by atoms with Crippen LogP contribution in [0.15, 0.2) is 0 Å². The highest BCUT2D eigenvalue weighted by atomic mass is 16.5. The van der Waals surface area contributed by atoms with E-state index in [0.717, 1.165) is 19.3 Å². The summed E-state index contributed by atoms with van der Waals surface area (Å²) in [5, 5.41) is 3.52. The van der Waals surface area contributed by atoms with Crippen molar-refractivity contribution in [3.05, 3.63) is 0 Å². The summed E-state index contributed by atoms with van der Waals surface area (Å²) in [4.78, 5) is 0. The molecule has 2 aliphatic rings. The maximum absolute atomic E-state index is 5.45. The van der Waals surface area contributed by atoms with Gasteiger partial charge in [-0.05, 0) is 19.4 Å². The van der Waals surface area contributed by atoms with Gasteiger partial charge in [-0.1, -0.05) is 6.92 Å². The lowest BCUT2D eigenvalue weighted by Crippen LogP contribution is -2.42. The number of hydrogen-bond donors (Lipinski definition) is 1. The van der Waals surface area contributed by atoms with E-state index in [1.165, 1.54) is 19.4 Å². The van der Waals surface area contributed by atoms with Gasteiger partial charge < -0.3 is 10.1 Å². The first-order valence-electron chi connectivity index (χ1n) is 4.12. The van der Waals surface area contributed by atoms with Crippen molar-refractivity contribution >= 4 is 0 Å². The van der Waals surface area contributed by atoms with Gasteiger partial charge in [0.15, 0.2) is 0 Å². The molecule has 0 aromatic rings. The number of rotatable bonds is 0. The number of nitrogens with one attached hydrogen (secondary N) is 1. The largest absolute Gasteiger partial charge is 0.381 e. The highest BCUT2D eigenvalue weighted by Gasteiger charge is 2.40. The molecule has 2 nitrogen and oxygen atoms in total. The first-order valence-corrected chi connectivity index (χ1v) is 4.12. The van der Waals surface area contributed by atoms with Crippen molar-refractivity contribution in [2.45, 2.75) is 25.8 Å². The van der Waals surface area contributed by atoms with Crippen molar-refractivity contribution in [2.24, 2.45) is 5.41 Å². The van der Waals surface area contributed by atoms with Crippen molar-refractivity contribution in [1.82, 2.24) is 5.32 Å². The van der Waals surface area contributed by atoms with Crippen LogP contribution in [0.4, 0.5) is 0 Å². The Kier molecular flexibility index (Phi) is 1.46. The molecule has 0 aromatic heterocycles. The zero-order chi connectivity index (χ0) is 7.03. The summed E-state index contributed by atoms with van der Waals surface area (Å²) in [7, 11) is 0. The lowest BCUT2D eigenvalue weighted by atomic mass is 9.81. The third kappa shape index (κ3) is 0.867. The highest BCUT2D eigenvalue weighted by molar-refractivity contribution is 4.95. The summed E-state index contributed by atoms with van der Waals surface area (Å²) in [5.41, 5.74) is 0.457. The van der Waals surface area contributed by atoms with Gasteiger partial charge in [-0.2, -0.15) is 0 Å². The van der Waals surface area contributed by atoms with Crippen LogP contribution < -0.4 is 5.32 Å². The normalized spacial score (nSPS) is 47.1. The van der Waals surface area contributed by atoms with Gasteiger partial charge in [-0.3, -0.25) is 0 Å². The molecule has 10 heavy (non-hydrogen) atoms. The fourth-order valence-corrected chi connectivity index (χ4v) is 2.08. The molecular formula is C8H15NO. The molecule has 0 saturated carbocycles. The minimum absolute atomic E-state index is 0.457. The number of fused-ring (bicyclic) bond motifs is 1. The van der Waals surface area contributed by atoms with Crippen LogP contribution in [0.3, 0.4) is 0 Å². The van der Waals surface area contributed by atoms with Crippen molar-refractivity contribution in [2.75, 3.05) is 19.8 Å². The first-order chi connectivity index (χ1) is 4.81. The molecule has 2 saturated heterocycles. The molecule has 2 heteroatoms. The van der Waals surface area contributed by atoms with Crippen molar-refractivity contribution < 1.29 is 4.74 Å². The summed E-state index contributed by atoms with van der Waals surface area (Å²) in [6.45, 7) is 5.43. The fraction of sp³-hybridized carbons (Fsp3) is 1.00. The quantitative estimate of drug-likeness (QED) is 0.538. The molecule has 0 amide bonds. The van der Waals surface area contributed by atoms with Gasteiger partial charge in [-0.25, -0.2) is 0 Å². The van der Waals surface area contributed by atoms with E-state index in [9.17, 15) is 0 Å². The molecule has 0 aromatic carbocycles. The number of ether oxygens (including phenoxy) is 1. The van der Waals surface area contributed by atoms with E-state index in [-0.39, 0.29) is 0 Å². The van der Waals surface area contributed by atoms with Gasteiger partial charge in [-0.15, -0.1) is 0 Å². The second-order valence-corrected chi connectivity index (χ2v) is 3.75. The molecule has 0 radical (unpaired) electrons.